The minimum Gasteiger partial charge on any atom is -0.362 e. The Hall–Kier alpha value is -1.65. The topological polar surface area (TPSA) is 46.6 Å². The summed E-state index contributed by atoms with van der Waals surface area (Å²) in [6, 6.07) is 6.74. The highest BCUT2D eigenvalue weighted by Crippen LogP contribution is 2.52. The highest BCUT2D eigenvalue weighted by atomic mass is 35.5. The second kappa shape index (κ2) is 3.71. The van der Waals surface area contributed by atoms with Gasteiger partial charge in [-0.05, 0) is 31.2 Å². The van der Waals surface area contributed by atoms with E-state index in [0.29, 0.717) is 10.7 Å². The lowest BCUT2D eigenvalue weighted by atomic mass is 9.78. The summed E-state index contributed by atoms with van der Waals surface area (Å²) in [7, 11) is 0. The van der Waals surface area contributed by atoms with Crippen LogP contribution in [-0.4, -0.2) is 23.5 Å². The maximum atomic E-state index is 12.6. The van der Waals surface area contributed by atoms with E-state index >= 15 is 0 Å². The van der Waals surface area contributed by atoms with Crippen LogP contribution in [0.4, 0.5) is 5.69 Å². The van der Waals surface area contributed by atoms with Crippen molar-refractivity contribution in [3.63, 3.8) is 0 Å². The van der Waals surface area contributed by atoms with Gasteiger partial charge in [0.2, 0.25) is 11.8 Å². The number of imide groups is 1. The largest absolute Gasteiger partial charge is 0.362 e. The van der Waals surface area contributed by atoms with Gasteiger partial charge in [-0.1, -0.05) is 23.8 Å². The van der Waals surface area contributed by atoms with Crippen LogP contribution >= 0.6 is 11.6 Å². The fourth-order valence-electron chi connectivity index (χ4n) is 3.50. The fraction of sp³-hybridized carbons (Fsp3) is 0.333. The van der Waals surface area contributed by atoms with Gasteiger partial charge in [-0.15, -0.1) is 0 Å². The predicted molar refractivity (Wildman–Crippen MR) is 73.3 cm³/mol. The Bertz CT molecular complexity index is 654. The molecule has 2 amide bonds. The molecule has 102 valence electrons. The maximum absolute atomic E-state index is 12.6. The average Bonchev–Trinajstić information content (AvgIpc) is 3.01. The molecule has 2 fully saturated rings. The highest BCUT2D eigenvalue weighted by Gasteiger charge is 2.65. The standard InChI is InChI=1S/C15H12ClNO3/c1-15-7-6-10(20-15)11-12(15)14(19)17(13(11)18)9-4-2-8(16)3-5-9/h2-7,10-12H,1H3/t10-,11-,12+,15+/m0/s1. The number of rotatable bonds is 1. The molecule has 1 aromatic carbocycles. The van der Waals surface area contributed by atoms with Crippen LogP contribution in [0.25, 0.3) is 0 Å². The molecule has 0 unspecified atom stereocenters. The van der Waals surface area contributed by atoms with Crippen molar-refractivity contribution < 1.29 is 14.3 Å². The minimum absolute atomic E-state index is 0.180. The second-order valence-corrected chi connectivity index (χ2v) is 6.05. The summed E-state index contributed by atoms with van der Waals surface area (Å²) >= 11 is 5.85. The second-order valence-electron chi connectivity index (χ2n) is 5.62. The lowest BCUT2D eigenvalue weighted by Gasteiger charge is -2.24. The third-order valence-corrected chi connectivity index (χ3v) is 4.67. The molecule has 3 aliphatic rings. The molecule has 2 bridgehead atoms. The van der Waals surface area contributed by atoms with E-state index in [-0.39, 0.29) is 17.9 Å². The first-order chi connectivity index (χ1) is 9.51. The van der Waals surface area contributed by atoms with E-state index < -0.39 is 17.4 Å². The molecular formula is C15H12ClNO3. The molecule has 4 atom stereocenters. The molecule has 2 saturated heterocycles. The number of carbonyl (C=O) groups excluding carboxylic acids is 2. The molecule has 4 rings (SSSR count). The van der Waals surface area contributed by atoms with E-state index in [9.17, 15) is 9.59 Å². The average molecular weight is 290 g/mol. The summed E-state index contributed by atoms with van der Waals surface area (Å²) in [5, 5.41) is 0.574. The first-order valence-corrected chi connectivity index (χ1v) is 6.90. The van der Waals surface area contributed by atoms with Crippen molar-refractivity contribution in [3.05, 3.63) is 41.4 Å². The zero-order chi connectivity index (χ0) is 14.1. The number of hydrogen-bond acceptors (Lipinski definition) is 3. The van der Waals surface area contributed by atoms with Gasteiger partial charge in [-0.3, -0.25) is 9.59 Å². The molecule has 0 saturated carbocycles. The molecule has 0 radical (unpaired) electrons. The van der Waals surface area contributed by atoms with Crippen molar-refractivity contribution in [1.29, 1.82) is 0 Å². The Labute approximate surface area is 121 Å². The number of nitrogens with zero attached hydrogens (tertiary/aromatic N) is 1. The van der Waals surface area contributed by atoms with Gasteiger partial charge >= 0.3 is 0 Å². The lowest BCUT2D eigenvalue weighted by molar-refractivity contribution is -0.126. The molecule has 3 heterocycles. The van der Waals surface area contributed by atoms with Gasteiger partial charge in [-0.2, -0.15) is 0 Å². The maximum Gasteiger partial charge on any atom is 0.241 e. The Morgan fingerprint density at radius 1 is 1.20 bits per heavy atom. The Morgan fingerprint density at radius 3 is 2.55 bits per heavy atom. The van der Waals surface area contributed by atoms with Gasteiger partial charge in [-0.25, -0.2) is 4.90 Å². The molecular weight excluding hydrogens is 278 g/mol. The van der Waals surface area contributed by atoms with Gasteiger partial charge in [0.05, 0.1) is 29.2 Å². The molecule has 0 spiro atoms. The zero-order valence-corrected chi connectivity index (χ0v) is 11.5. The number of anilines is 1. The molecule has 0 aromatic heterocycles. The molecule has 1 aromatic rings. The number of fused-ring (bicyclic) bond motifs is 5. The Kier molecular flexibility index (Phi) is 2.25. The van der Waals surface area contributed by atoms with E-state index in [1.54, 1.807) is 24.3 Å². The van der Waals surface area contributed by atoms with Crippen molar-refractivity contribution in [2.45, 2.75) is 18.6 Å². The summed E-state index contributed by atoms with van der Waals surface area (Å²) in [6.45, 7) is 1.87. The first kappa shape index (κ1) is 12.1. The molecule has 0 aliphatic carbocycles. The lowest BCUT2D eigenvalue weighted by Crippen LogP contribution is -2.38. The third-order valence-electron chi connectivity index (χ3n) is 4.41. The first-order valence-electron chi connectivity index (χ1n) is 6.52. The van der Waals surface area contributed by atoms with Crippen molar-refractivity contribution in [3.8, 4) is 0 Å². The Balaban J connectivity index is 1.77. The normalized spacial score (nSPS) is 37.9. The number of carbonyl (C=O) groups is 2. The number of halogens is 1. The summed E-state index contributed by atoms with van der Waals surface area (Å²) < 4.78 is 5.77. The molecule has 20 heavy (non-hydrogen) atoms. The summed E-state index contributed by atoms with van der Waals surface area (Å²) in [4.78, 5) is 26.5. The molecule has 5 heteroatoms. The van der Waals surface area contributed by atoms with Crippen molar-refractivity contribution in [2.24, 2.45) is 11.8 Å². The van der Waals surface area contributed by atoms with E-state index in [0.717, 1.165) is 0 Å². The molecule has 3 aliphatic heterocycles. The highest BCUT2D eigenvalue weighted by molar-refractivity contribution is 6.31. The van der Waals surface area contributed by atoms with E-state index in [4.69, 9.17) is 16.3 Å². The van der Waals surface area contributed by atoms with Crippen LogP contribution in [-0.2, 0) is 14.3 Å². The molecule has 4 nitrogen and oxygen atoms in total. The van der Waals surface area contributed by atoms with Crippen LogP contribution in [0.2, 0.25) is 5.02 Å². The van der Waals surface area contributed by atoms with Crippen molar-refractivity contribution in [2.75, 3.05) is 4.90 Å². The SMILES string of the molecule is C[C@]12C=C[C@H](O1)[C@@H]1C(=O)N(c3ccc(Cl)cc3)C(=O)[C@@H]12. The van der Waals surface area contributed by atoms with Gasteiger partial charge in [0.1, 0.15) is 0 Å². The third kappa shape index (κ3) is 1.35. The predicted octanol–water partition coefficient (Wildman–Crippen LogP) is 2.17. The minimum atomic E-state index is -0.650. The number of amides is 2. The quantitative estimate of drug-likeness (QED) is 0.588. The van der Waals surface area contributed by atoms with Gasteiger partial charge < -0.3 is 4.74 Å². The van der Waals surface area contributed by atoms with Crippen LogP contribution in [0.5, 0.6) is 0 Å². The fourth-order valence-corrected chi connectivity index (χ4v) is 3.62. The van der Waals surface area contributed by atoms with Gasteiger partial charge in [0.25, 0.3) is 0 Å². The number of hydrogen-bond donors (Lipinski definition) is 0. The zero-order valence-electron chi connectivity index (χ0n) is 10.7. The monoisotopic (exact) mass is 289 g/mol. The van der Waals surface area contributed by atoms with E-state index in [1.165, 1.54) is 4.90 Å². The van der Waals surface area contributed by atoms with Crippen LogP contribution in [0.3, 0.4) is 0 Å². The van der Waals surface area contributed by atoms with Crippen LogP contribution in [0.15, 0.2) is 36.4 Å². The summed E-state index contributed by atoms with van der Waals surface area (Å²) in [6.07, 6.45) is 3.51. The van der Waals surface area contributed by atoms with E-state index in [2.05, 4.69) is 0 Å². The van der Waals surface area contributed by atoms with Gasteiger partial charge in [0, 0.05) is 5.02 Å². The van der Waals surface area contributed by atoms with Crippen LogP contribution in [0.1, 0.15) is 6.92 Å². The summed E-state index contributed by atoms with van der Waals surface area (Å²) in [5.74, 6) is -1.18. The smallest absolute Gasteiger partial charge is 0.241 e. The van der Waals surface area contributed by atoms with Crippen molar-refractivity contribution >= 4 is 29.1 Å². The Morgan fingerprint density at radius 2 is 1.90 bits per heavy atom. The van der Waals surface area contributed by atoms with Crippen molar-refractivity contribution in [1.82, 2.24) is 0 Å². The number of benzene rings is 1. The van der Waals surface area contributed by atoms with Gasteiger partial charge in [0.15, 0.2) is 0 Å². The summed E-state index contributed by atoms with van der Waals surface area (Å²) in [5.41, 5.74) is -0.0784. The van der Waals surface area contributed by atoms with Crippen LogP contribution in [0, 0.1) is 11.8 Å². The van der Waals surface area contributed by atoms with Crippen LogP contribution < -0.4 is 4.90 Å². The van der Waals surface area contributed by atoms with E-state index in [1.807, 2.05) is 19.1 Å². The molecule has 0 N–H and O–H groups in total. The number of ether oxygens (including phenoxy) is 1.